The van der Waals surface area contributed by atoms with Crippen LogP contribution in [-0.4, -0.2) is 89.4 Å². The fourth-order valence-electron chi connectivity index (χ4n) is 4.55. The summed E-state index contributed by atoms with van der Waals surface area (Å²) in [6, 6.07) is 1.71. The van der Waals surface area contributed by atoms with Crippen molar-refractivity contribution >= 4 is 28.8 Å². The monoisotopic (exact) mass is 574 g/mol. The number of nitrogens with zero attached hydrogens (tertiary/aromatic N) is 6. The minimum Gasteiger partial charge on any atom is -0.387 e. The van der Waals surface area contributed by atoms with Crippen LogP contribution in [0.3, 0.4) is 0 Å². The van der Waals surface area contributed by atoms with Crippen LogP contribution in [0.4, 0.5) is 19.0 Å². The first-order valence-electron chi connectivity index (χ1n) is 12.6. The number of hydrogen-bond donors (Lipinski definition) is 4. The van der Waals surface area contributed by atoms with Crippen LogP contribution in [0, 0.1) is 11.8 Å². The molecule has 1 aliphatic carbocycles. The molecule has 13 nitrogen and oxygen atoms in total. The lowest BCUT2D eigenvalue weighted by molar-refractivity contribution is -0.141. The van der Waals surface area contributed by atoms with Crippen molar-refractivity contribution in [1.29, 1.82) is 0 Å². The van der Waals surface area contributed by atoms with E-state index in [9.17, 15) is 33.0 Å². The zero-order valence-corrected chi connectivity index (χ0v) is 21.5. The number of aromatic nitrogens is 5. The van der Waals surface area contributed by atoms with E-state index >= 15 is 0 Å². The number of nitrogens with one attached hydrogen (secondary N) is 1. The standard InChI is InChI=1S/C25H25F3N8O5/c1-30-22(39)19-17(37)18(38)24(41-19)36-11-32-16-20(29)33-15(34-21(16)36)6-3-9-35(13-4-2-5-13)23(40)12-7-8-14(31-10-12)25(26,27)28/h7-8,10-11,13,17-19,24,37-38H,2,4-5,9H2,1H3,(H,30,39)(H2,29,33,34)/t17?,18-,19+,24-/m1/s1. The molecule has 5 rings (SSSR count). The average molecular weight is 575 g/mol. The number of alkyl halides is 3. The summed E-state index contributed by atoms with van der Waals surface area (Å²) in [5.41, 5.74) is 5.25. The van der Waals surface area contributed by atoms with E-state index in [4.69, 9.17) is 10.5 Å². The van der Waals surface area contributed by atoms with Crippen molar-refractivity contribution in [2.24, 2.45) is 0 Å². The van der Waals surface area contributed by atoms with E-state index in [-0.39, 0.29) is 41.0 Å². The van der Waals surface area contributed by atoms with Crippen LogP contribution in [0.2, 0.25) is 0 Å². The van der Waals surface area contributed by atoms with Crippen LogP contribution in [0.15, 0.2) is 24.7 Å². The van der Waals surface area contributed by atoms with Gasteiger partial charge in [-0.05, 0) is 37.3 Å². The average Bonchev–Trinajstić information content (AvgIpc) is 3.46. The zero-order valence-electron chi connectivity index (χ0n) is 21.5. The number of nitrogens with two attached hydrogens (primary N) is 1. The molecule has 2 amide bonds. The Kier molecular flexibility index (Phi) is 7.51. The Morgan fingerprint density at radius 2 is 1.98 bits per heavy atom. The normalized spacial score (nSPS) is 22.6. The van der Waals surface area contributed by atoms with E-state index in [1.165, 1.54) is 22.8 Å². The van der Waals surface area contributed by atoms with Crippen LogP contribution in [-0.2, 0) is 15.7 Å². The van der Waals surface area contributed by atoms with Gasteiger partial charge in [0.25, 0.3) is 11.8 Å². The van der Waals surface area contributed by atoms with Gasteiger partial charge < -0.3 is 30.9 Å². The number of amides is 2. The number of carbonyl (C=O) groups is 2. The van der Waals surface area contributed by atoms with Crippen LogP contribution < -0.4 is 11.1 Å². The van der Waals surface area contributed by atoms with E-state index in [0.717, 1.165) is 37.6 Å². The number of anilines is 1. The lowest BCUT2D eigenvalue weighted by Gasteiger charge is -2.36. The predicted molar refractivity (Wildman–Crippen MR) is 135 cm³/mol. The summed E-state index contributed by atoms with van der Waals surface area (Å²) in [5, 5.41) is 23.2. The molecule has 0 spiro atoms. The van der Waals surface area contributed by atoms with E-state index in [1.54, 1.807) is 0 Å². The molecule has 4 heterocycles. The summed E-state index contributed by atoms with van der Waals surface area (Å²) in [6.45, 7) is -0.0600. The van der Waals surface area contributed by atoms with Crippen LogP contribution in [0.25, 0.3) is 11.2 Å². The van der Waals surface area contributed by atoms with Crippen molar-refractivity contribution in [2.45, 2.75) is 56.0 Å². The fraction of sp³-hybridized carbons (Fsp3) is 0.440. The molecule has 3 aromatic rings. The number of likely N-dealkylation sites (N-methyl/N-ethyl adjacent to an activating group) is 1. The fourth-order valence-corrected chi connectivity index (χ4v) is 4.55. The molecule has 41 heavy (non-hydrogen) atoms. The van der Waals surface area contributed by atoms with Gasteiger partial charge in [0, 0.05) is 19.3 Å². The molecule has 1 saturated carbocycles. The Labute approximate surface area is 230 Å². The SMILES string of the molecule is CNC(=O)[C@H]1O[C@@H](n2cnc3c(N)nc(C#CCN(C(=O)c4ccc(C(F)(F)F)nc4)C4CCC4)nc32)[C@H](O)C1O. The molecule has 0 radical (unpaired) electrons. The van der Waals surface area contributed by atoms with Gasteiger partial charge in [-0.25, -0.2) is 15.0 Å². The molecule has 4 atom stereocenters. The highest BCUT2D eigenvalue weighted by molar-refractivity contribution is 5.94. The number of halogens is 3. The van der Waals surface area contributed by atoms with Gasteiger partial charge in [0.15, 0.2) is 23.8 Å². The highest BCUT2D eigenvalue weighted by Crippen LogP contribution is 2.32. The van der Waals surface area contributed by atoms with Crippen molar-refractivity contribution < 1.29 is 37.7 Å². The number of imidazole rings is 1. The maximum atomic E-state index is 13.1. The molecule has 3 aromatic heterocycles. The van der Waals surface area contributed by atoms with Crippen molar-refractivity contribution in [2.75, 3.05) is 19.3 Å². The molecule has 1 saturated heterocycles. The lowest BCUT2D eigenvalue weighted by atomic mass is 9.91. The van der Waals surface area contributed by atoms with Gasteiger partial charge in [-0.1, -0.05) is 5.92 Å². The van der Waals surface area contributed by atoms with Crippen molar-refractivity contribution in [1.82, 2.24) is 34.7 Å². The van der Waals surface area contributed by atoms with Gasteiger partial charge in [-0.2, -0.15) is 13.2 Å². The van der Waals surface area contributed by atoms with E-state index in [2.05, 4.69) is 37.1 Å². The topological polar surface area (TPSA) is 182 Å². The second-order valence-electron chi connectivity index (χ2n) is 9.55. The number of carbonyl (C=O) groups excluding carboxylic acids is 2. The van der Waals surface area contributed by atoms with Gasteiger partial charge >= 0.3 is 6.18 Å². The summed E-state index contributed by atoms with van der Waals surface area (Å²) >= 11 is 0. The Morgan fingerprint density at radius 3 is 2.59 bits per heavy atom. The van der Waals surface area contributed by atoms with Gasteiger partial charge in [0.05, 0.1) is 18.4 Å². The van der Waals surface area contributed by atoms with Gasteiger partial charge in [0.1, 0.15) is 23.4 Å². The first-order chi connectivity index (χ1) is 19.5. The molecular formula is C25H25F3N8O5. The van der Waals surface area contributed by atoms with Crippen molar-refractivity contribution in [3.05, 3.63) is 41.7 Å². The number of ether oxygens (including phenoxy) is 1. The molecule has 5 N–H and O–H groups in total. The van der Waals surface area contributed by atoms with Crippen LogP contribution in [0.5, 0.6) is 0 Å². The van der Waals surface area contributed by atoms with Crippen molar-refractivity contribution in [3.8, 4) is 11.8 Å². The summed E-state index contributed by atoms with van der Waals surface area (Å²) in [4.78, 5) is 42.6. The third-order valence-corrected chi connectivity index (χ3v) is 6.99. The lowest BCUT2D eigenvalue weighted by Crippen LogP contribution is -2.44. The number of hydrogen-bond acceptors (Lipinski definition) is 10. The summed E-state index contributed by atoms with van der Waals surface area (Å²) in [7, 11) is 1.36. The Balaban J connectivity index is 1.38. The first-order valence-corrected chi connectivity index (χ1v) is 12.6. The van der Waals surface area contributed by atoms with Gasteiger partial charge in [0.2, 0.25) is 5.82 Å². The zero-order chi connectivity index (χ0) is 29.5. The van der Waals surface area contributed by atoms with E-state index < -0.39 is 48.2 Å². The Morgan fingerprint density at radius 1 is 1.22 bits per heavy atom. The molecule has 1 unspecified atom stereocenters. The minimum atomic E-state index is -4.62. The molecule has 1 aliphatic heterocycles. The highest BCUT2D eigenvalue weighted by Gasteiger charge is 2.47. The molecule has 216 valence electrons. The maximum absolute atomic E-state index is 13.1. The summed E-state index contributed by atoms with van der Waals surface area (Å²) in [5.74, 6) is 4.37. The number of pyridine rings is 1. The first kappa shape index (κ1) is 28.2. The van der Waals surface area contributed by atoms with Gasteiger partial charge in [-0.15, -0.1) is 0 Å². The number of rotatable bonds is 5. The van der Waals surface area contributed by atoms with Crippen LogP contribution in [0.1, 0.15) is 47.4 Å². The third kappa shape index (κ3) is 5.38. The van der Waals surface area contributed by atoms with Crippen LogP contribution >= 0.6 is 0 Å². The predicted octanol–water partition coefficient (Wildman–Crippen LogP) is 0.234. The number of nitrogen functional groups attached to an aromatic ring is 1. The minimum absolute atomic E-state index is 0.00452. The second-order valence-corrected chi connectivity index (χ2v) is 9.55. The molecule has 2 aliphatic rings. The number of aliphatic hydroxyl groups is 2. The largest absolute Gasteiger partial charge is 0.433 e. The molecule has 0 aromatic carbocycles. The third-order valence-electron chi connectivity index (χ3n) is 6.99. The molecule has 2 fully saturated rings. The smallest absolute Gasteiger partial charge is 0.387 e. The number of aliphatic hydroxyl groups excluding tert-OH is 2. The van der Waals surface area contributed by atoms with E-state index in [0.29, 0.717) is 0 Å². The maximum Gasteiger partial charge on any atom is 0.433 e. The highest BCUT2D eigenvalue weighted by atomic mass is 19.4. The molecule has 0 bridgehead atoms. The quantitative estimate of drug-likeness (QED) is 0.308. The Hall–Kier alpha value is -4.33. The Bertz CT molecular complexity index is 1530. The summed E-state index contributed by atoms with van der Waals surface area (Å²) in [6.07, 6.45) is -5.63. The second kappa shape index (κ2) is 10.9. The van der Waals surface area contributed by atoms with E-state index in [1.807, 2.05) is 0 Å². The molecule has 16 heteroatoms. The summed E-state index contributed by atoms with van der Waals surface area (Å²) < 4.78 is 45.5. The number of fused-ring (bicyclic) bond motifs is 1. The van der Waals surface area contributed by atoms with Crippen molar-refractivity contribution in [3.63, 3.8) is 0 Å². The van der Waals surface area contributed by atoms with Gasteiger partial charge in [-0.3, -0.25) is 19.1 Å². The molecular weight excluding hydrogens is 549 g/mol.